The number of nitrogens with zero attached hydrogens (tertiary/aromatic N) is 1. The fourth-order valence-electron chi connectivity index (χ4n) is 2.18. The molecule has 3 amide bonds. The summed E-state index contributed by atoms with van der Waals surface area (Å²) in [7, 11) is 4.97. The van der Waals surface area contributed by atoms with Crippen molar-refractivity contribution in [2.24, 2.45) is 0 Å². The molecule has 7 nitrogen and oxygen atoms in total. The van der Waals surface area contributed by atoms with Gasteiger partial charge in [0.15, 0.2) is 11.5 Å². The van der Waals surface area contributed by atoms with Crippen LogP contribution in [0.3, 0.4) is 0 Å². The number of methoxy groups -OCH3 is 2. The number of amides is 3. The minimum Gasteiger partial charge on any atom is -0.493 e. The molecule has 0 saturated heterocycles. The molecule has 134 valence electrons. The van der Waals surface area contributed by atoms with E-state index in [-0.39, 0.29) is 12.5 Å². The first-order valence-electron chi connectivity index (χ1n) is 7.97. The van der Waals surface area contributed by atoms with Gasteiger partial charge in [-0.25, -0.2) is 4.79 Å². The van der Waals surface area contributed by atoms with Gasteiger partial charge >= 0.3 is 6.03 Å². The SMILES string of the molecule is CCCCNC(=O)NC(=O)CN(C)Cc1ccc(OC)c(OC)c1. The zero-order valence-corrected chi connectivity index (χ0v) is 14.8. The van der Waals surface area contributed by atoms with Gasteiger partial charge in [0, 0.05) is 13.1 Å². The lowest BCUT2D eigenvalue weighted by Crippen LogP contribution is -2.43. The molecule has 1 aromatic carbocycles. The second-order valence-corrected chi connectivity index (χ2v) is 5.52. The molecule has 0 heterocycles. The average Bonchev–Trinajstić information content (AvgIpc) is 2.54. The topological polar surface area (TPSA) is 79.9 Å². The zero-order valence-electron chi connectivity index (χ0n) is 14.8. The molecule has 2 N–H and O–H groups in total. The minimum absolute atomic E-state index is 0.121. The van der Waals surface area contributed by atoms with Crippen molar-refractivity contribution in [1.82, 2.24) is 15.5 Å². The Morgan fingerprint density at radius 2 is 1.88 bits per heavy atom. The number of likely N-dealkylation sites (N-methyl/N-ethyl adjacent to an activating group) is 1. The average molecular weight is 337 g/mol. The van der Waals surface area contributed by atoms with E-state index in [2.05, 4.69) is 10.6 Å². The van der Waals surface area contributed by atoms with E-state index < -0.39 is 6.03 Å². The monoisotopic (exact) mass is 337 g/mol. The maximum atomic E-state index is 11.9. The number of rotatable bonds is 9. The summed E-state index contributed by atoms with van der Waals surface area (Å²) in [4.78, 5) is 25.2. The number of benzene rings is 1. The highest BCUT2D eigenvalue weighted by atomic mass is 16.5. The maximum absolute atomic E-state index is 11.9. The van der Waals surface area contributed by atoms with Crippen LogP contribution >= 0.6 is 0 Å². The number of hydrogen-bond acceptors (Lipinski definition) is 5. The van der Waals surface area contributed by atoms with Crippen LogP contribution in [0.15, 0.2) is 18.2 Å². The van der Waals surface area contributed by atoms with Crippen LogP contribution in [0.2, 0.25) is 0 Å². The molecule has 0 bridgehead atoms. The highest BCUT2D eigenvalue weighted by Crippen LogP contribution is 2.27. The van der Waals surface area contributed by atoms with Crippen LogP contribution in [-0.2, 0) is 11.3 Å². The third-order valence-corrected chi connectivity index (χ3v) is 3.38. The van der Waals surface area contributed by atoms with E-state index in [9.17, 15) is 9.59 Å². The van der Waals surface area contributed by atoms with Gasteiger partial charge in [-0.2, -0.15) is 0 Å². The number of carbonyl (C=O) groups excluding carboxylic acids is 2. The Labute approximate surface area is 143 Å². The van der Waals surface area contributed by atoms with Crippen molar-refractivity contribution in [2.75, 3.05) is 34.4 Å². The highest BCUT2D eigenvalue weighted by molar-refractivity contribution is 5.95. The van der Waals surface area contributed by atoms with Gasteiger partial charge in [0.25, 0.3) is 0 Å². The normalized spacial score (nSPS) is 10.4. The van der Waals surface area contributed by atoms with Gasteiger partial charge in [-0.3, -0.25) is 15.0 Å². The Balaban J connectivity index is 2.46. The molecule has 0 unspecified atom stereocenters. The first kappa shape index (κ1) is 19.8. The van der Waals surface area contributed by atoms with Gasteiger partial charge in [0.1, 0.15) is 0 Å². The third-order valence-electron chi connectivity index (χ3n) is 3.38. The van der Waals surface area contributed by atoms with E-state index in [0.29, 0.717) is 24.6 Å². The smallest absolute Gasteiger partial charge is 0.321 e. The second-order valence-electron chi connectivity index (χ2n) is 5.52. The molecule has 1 aromatic rings. The van der Waals surface area contributed by atoms with Gasteiger partial charge in [0.05, 0.1) is 20.8 Å². The Morgan fingerprint density at radius 3 is 2.50 bits per heavy atom. The number of hydrogen-bond donors (Lipinski definition) is 2. The lowest BCUT2D eigenvalue weighted by molar-refractivity contribution is -0.120. The van der Waals surface area contributed by atoms with Crippen LogP contribution in [-0.4, -0.2) is 51.2 Å². The predicted molar refractivity (Wildman–Crippen MR) is 92.3 cm³/mol. The van der Waals surface area contributed by atoms with Crippen molar-refractivity contribution in [3.05, 3.63) is 23.8 Å². The van der Waals surface area contributed by atoms with E-state index in [0.717, 1.165) is 18.4 Å². The third kappa shape index (κ3) is 6.87. The minimum atomic E-state index is -0.451. The number of ether oxygens (including phenoxy) is 2. The molecular formula is C17H27N3O4. The number of imide groups is 1. The molecule has 24 heavy (non-hydrogen) atoms. The summed E-state index contributed by atoms with van der Waals surface area (Å²) in [6, 6.07) is 5.15. The molecule has 0 atom stereocenters. The molecule has 0 aliphatic carbocycles. The summed E-state index contributed by atoms with van der Waals surface area (Å²) >= 11 is 0. The van der Waals surface area contributed by atoms with Gasteiger partial charge in [0.2, 0.25) is 5.91 Å². The Bertz CT molecular complexity index is 549. The number of nitrogens with one attached hydrogen (secondary N) is 2. The molecule has 0 aromatic heterocycles. The molecule has 0 aliphatic heterocycles. The van der Waals surface area contributed by atoms with E-state index in [1.54, 1.807) is 14.2 Å². The van der Waals surface area contributed by atoms with Crippen LogP contribution in [0.5, 0.6) is 11.5 Å². The van der Waals surface area contributed by atoms with Gasteiger partial charge in [-0.05, 0) is 31.2 Å². The Kier molecular flexibility index (Phi) is 8.64. The molecule has 7 heteroatoms. The largest absolute Gasteiger partial charge is 0.493 e. The van der Waals surface area contributed by atoms with Gasteiger partial charge in [-0.1, -0.05) is 19.4 Å². The summed E-state index contributed by atoms with van der Waals surface area (Å²) in [5.74, 6) is 0.959. The van der Waals surface area contributed by atoms with Gasteiger partial charge < -0.3 is 14.8 Å². The fourth-order valence-corrected chi connectivity index (χ4v) is 2.18. The van der Waals surface area contributed by atoms with Crippen molar-refractivity contribution in [3.8, 4) is 11.5 Å². The highest BCUT2D eigenvalue weighted by Gasteiger charge is 2.12. The summed E-state index contributed by atoms with van der Waals surface area (Å²) in [5.41, 5.74) is 0.982. The Hall–Kier alpha value is -2.28. The second kappa shape index (κ2) is 10.5. The van der Waals surface area contributed by atoms with Crippen LogP contribution in [0.25, 0.3) is 0 Å². The predicted octanol–water partition coefficient (Wildman–Crippen LogP) is 1.76. The Morgan fingerprint density at radius 1 is 1.17 bits per heavy atom. The van der Waals surface area contributed by atoms with Crippen molar-refractivity contribution in [1.29, 1.82) is 0 Å². The molecule has 0 radical (unpaired) electrons. The van der Waals surface area contributed by atoms with Crippen LogP contribution in [0.4, 0.5) is 4.79 Å². The first-order chi connectivity index (χ1) is 11.5. The molecule has 0 saturated carbocycles. The quantitative estimate of drug-likeness (QED) is 0.671. The fraction of sp³-hybridized carbons (Fsp3) is 0.529. The lowest BCUT2D eigenvalue weighted by Gasteiger charge is -2.17. The summed E-state index contributed by atoms with van der Waals surface area (Å²) in [6.07, 6.45) is 1.88. The van der Waals surface area contributed by atoms with Crippen LogP contribution < -0.4 is 20.1 Å². The lowest BCUT2D eigenvalue weighted by atomic mass is 10.2. The summed E-state index contributed by atoms with van der Waals surface area (Å²) < 4.78 is 10.5. The summed E-state index contributed by atoms with van der Waals surface area (Å²) in [6.45, 7) is 3.27. The standard InChI is InChI=1S/C17H27N3O4/c1-5-6-9-18-17(22)19-16(21)12-20(2)11-13-7-8-14(23-3)15(10-13)24-4/h7-8,10H,5-6,9,11-12H2,1-4H3,(H2,18,19,21,22). The van der Waals surface area contributed by atoms with Crippen molar-refractivity contribution in [3.63, 3.8) is 0 Å². The first-order valence-corrected chi connectivity index (χ1v) is 7.97. The van der Waals surface area contributed by atoms with Crippen LogP contribution in [0, 0.1) is 0 Å². The van der Waals surface area contributed by atoms with E-state index >= 15 is 0 Å². The van der Waals surface area contributed by atoms with E-state index in [4.69, 9.17) is 9.47 Å². The van der Waals surface area contributed by atoms with Crippen molar-refractivity contribution >= 4 is 11.9 Å². The van der Waals surface area contributed by atoms with E-state index in [1.807, 2.05) is 37.1 Å². The van der Waals surface area contributed by atoms with E-state index in [1.165, 1.54) is 0 Å². The number of urea groups is 1. The summed E-state index contributed by atoms with van der Waals surface area (Å²) in [5, 5.41) is 4.97. The molecule has 0 aliphatic rings. The number of carbonyl (C=O) groups is 2. The van der Waals surface area contributed by atoms with Crippen LogP contribution in [0.1, 0.15) is 25.3 Å². The maximum Gasteiger partial charge on any atom is 0.321 e. The zero-order chi connectivity index (χ0) is 17.9. The molecule has 0 fully saturated rings. The van der Waals surface area contributed by atoms with Crippen molar-refractivity contribution in [2.45, 2.75) is 26.3 Å². The van der Waals surface area contributed by atoms with Gasteiger partial charge in [-0.15, -0.1) is 0 Å². The number of unbranched alkanes of at least 4 members (excludes halogenated alkanes) is 1. The molecule has 0 spiro atoms. The molecular weight excluding hydrogens is 310 g/mol. The van der Waals surface area contributed by atoms with Crippen molar-refractivity contribution < 1.29 is 19.1 Å². The molecule has 1 rings (SSSR count).